The van der Waals surface area contributed by atoms with Gasteiger partial charge in [0, 0.05) is 29.9 Å². The van der Waals surface area contributed by atoms with Crippen LogP contribution in [0.4, 0.5) is 0 Å². The third kappa shape index (κ3) is 5.75. The molecule has 0 radical (unpaired) electrons. The first-order valence-electron chi connectivity index (χ1n) is 19.7. The van der Waals surface area contributed by atoms with E-state index < -0.39 is 14.1 Å². The number of azide groups is 1. The Hall–Kier alpha value is -2.41. The number of hydrogen-bond acceptors (Lipinski definition) is 4. The average molecular weight is 696 g/mol. The molecule has 1 aliphatic heterocycles. The fraction of sp³-hybridized carbons (Fsp3) is 0.674. The zero-order valence-corrected chi connectivity index (χ0v) is 32.6. The molecule has 1 heterocycles. The van der Waals surface area contributed by atoms with Crippen LogP contribution in [0.5, 0.6) is 0 Å². The molecule has 0 bridgehead atoms. The largest absolute Gasteiger partial charge is 0.404 e. The Morgan fingerprint density at radius 1 is 1.02 bits per heavy atom. The highest BCUT2D eigenvalue weighted by Crippen LogP contribution is 2.70. The fourth-order valence-electron chi connectivity index (χ4n) is 12.4. The molecule has 1 saturated heterocycles. The number of hydrogen-bond donors (Lipinski definition) is 1. The topological polar surface area (TPSA) is 87.5 Å². The van der Waals surface area contributed by atoms with E-state index in [-0.39, 0.29) is 39.9 Å². The molecule has 7 heteroatoms. The number of benzene rings is 2. The van der Waals surface area contributed by atoms with Crippen molar-refractivity contribution in [3.05, 3.63) is 82.8 Å². The van der Waals surface area contributed by atoms with Gasteiger partial charge in [0.25, 0.3) is 8.32 Å². The lowest BCUT2D eigenvalue weighted by Crippen LogP contribution is -2.68. The highest BCUT2D eigenvalue weighted by Gasteiger charge is 2.68. The van der Waals surface area contributed by atoms with Crippen LogP contribution in [0.15, 0.2) is 77.4 Å². The maximum Gasteiger partial charge on any atom is 0.261 e. The highest BCUT2D eigenvalue weighted by atomic mass is 28.4. The van der Waals surface area contributed by atoms with Crippen LogP contribution >= 0.6 is 0 Å². The van der Waals surface area contributed by atoms with Gasteiger partial charge >= 0.3 is 0 Å². The number of ether oxygens (including phenoxy) is 1. The smallest absolute Gasteiger partial charge is 0.261 e. The summed E-state index contributed by atoms with van der Waals surface area (Å²) in [6.07, 6.45) is 12.5. The Balaban J connectivity index is 1.10. The van der Waals surface area contributed by atoms with Crippen molar-refractivity contribution >= 4 is 18.7 Å². The number of allylic oxidation sites excluding steroid dienone is 1. The highest BCUT2D eigenvalue weighted by molar-refractivity contribution is 6.99. The molecule has 7 rings (SSSR count). The minimum Gasteiger partial charge on any atom is -0.404 e. The van der Waals surface area contributed by atoms with Crippen molar-refractivity contribution in [1.29, 1.82) is 0 Å². The Morgan fingerprint density at radius 3 is 2.30 bits per heavy atom. The quantitative estimate of drug-likeness (QED) is 0.0932. The van der Waals surface area contributed by atoms with E-state index in [1.807, 2.05) is 0 Å². The Kier molecular flexibility index (Phi) is 9.51. The zero-order chi connectivity index (χ0) is 35.5. The molecule has 2 aromatic rings. The summed E-state index contributed by atoms with van der Waals surface area (Å²) in [7, 11) is -2.61. The van der Waals surface area contributed by atoms with Gasteiger partial charge in [0.1, 0.15) is 0 Å². The Bertz CT molecular complexity index is 1560. The van der Waals surface area contributed by atoms with E-state index in [9.17, 15) is 5.11 Å². The zero-order valence-electron chi connectivity index (χ0n) is 31.6. The molecule has 2 aromatic carbocycles. The molecule has 6 nitrogen and oxygen atoms in total. The van der Waals surface area contributed by atoms with Crippen LogP contribution in [-0.4, -0.2) is 38.0 Å². The molecular weight excluding hydrogens is 635 g/mol. The maximum atomic E-state index is 11.8. The van der Waals surface area contributed by atoms with Crippen molar-refractivity contribution in [3.8, 4) is 0 Å². The van der Waals surface area contributed by atoms with Crippen molar-refractivity contribution in [2.75, 3.05) is 6.54 Å². The van der Waals surface area contributed by atoms with E-state index in [0.717, 1.165) is 32.1 Å². The van der Waals surface area contributed by atoms with Gasteiger partial charge in [-0.15, -0.1) is 0 Å². The second-order valence-electron chi connectivity index (χ2n) is 18.6. The van der Waals surface area contributed by atoms with Gasteiger partial charge in [-0.1, -0.05) is 126 Å². The fourth-order valence-corrected chi connectivity index (χ4v) is 17.1. The van der Waals surface area contributed by atoms with E-state index in [2.05, 4.69) is 125 Å². The molecule has 0 amide bonds. The molecule has 0 aromatic heterocycles. The van der Waals surface area contributed by atoms with Gasteiger partial charge in [0.05, 0.1) is 6.10 Å². The number of fused-ring (bicyclic) bond motifs is 7. The normalized spacial score (nSPS) is 38.6. The van der Waals surface area contributed by atoms with Crippen LogP contribution in [0, 0.1) is 46.3 Å². The molecule has 270 valence electrons. The first-order chi connectivity index (χ1) is 23.8. The first-order valence-corrected chi connectivity index (χ1v) is 21.6. The predicted molar refractivity (Wildman–Crippen MR) is 204 cm³/mol. The van der Waals surface area contributed by atoms with E-state index in [0.29, 0.717) is 36.6 Å². The van der Waals surface area contributed by atoms with E-state index >= 15 is 0 Å². The molecule has 0 spiro atoms. The molecule has 5 aliphatic rings. The lowest BCUT2D eigenvalue weighted by molar-refractivity contribution is -0.220. The summed E-state index contributed by atoms with van der Waals surface area (Å²) in [5.74, 6) is 1.65. The monoisotopic (exact) mass is 695 g/mol. The summed E-state index contributed by atoms with van der Waals surface area (Å²) >= 11 is 0. The molecule has 3 saturated carbocycles. The summed E-state index contributed by atoms with van der Waals surface area (Å²) in [5, 5.41) is 18.3. The van der Waals surface area contributed by atoms with Crippen LogP contribution in [0.3, 0.4) is 0 Å². The number of rotatable bonds is 9. The van der Waals surface area contributed by atoms with Crippen molar-refractivity contribution in [1.82, 2.24) is 0 Å². The lowest BCUT2D eigenvalue weighted by atomic mass is 9.47. The molecule has 4 unspecified atom stereocenters. The Labute approximate surface area is 302 Å². The maximum absolute atomic E-state index is 11.8. The van der Waals surface area contributed by atoms with Gasteiger partial charge in [0.15, 0.2) is 5.79 Å². The average Bonchev–Trinajstić information content (AvgIpc) is 3.53. The molecule has 4 fully saturated rings. The summed E-state index contributed by atoms with van der Waals surface area (Å²) in [6, 6.07) is 22.3. The SMILES string of the molecule is C[C@H](CCC1(O)O[C@H]2CC3C4CC=C5C[C@@H](O[Si](c6ccccc6)(c6ccccc6)C(C)(C)C)CC[C@]5(C)C4CC[C@]3(C)[C@H]2[C@@H]1C)CN=[N+]=[N-]. The molecular formula is C43H61N3O3Si. The Morgan fingerprint density at radius 2 is 1.68 bits per heavy atom. The van der Waals surface area contributed by atoms with Crippen LogP contribution in [0.2, 0.25) is 5.04 Å². The van der Waals surface area contributed by atoms with E-state index in [1.165, 1.54) is 29.6 Å². The predicted octanol–water partition coefficient (Wildman–Crippen LogP) is 9.57. The third-order valence-corrected chi connectivity index (χ3v) is 20.1. The van der Waals surface area contributed by atoms with E-state index in [1.54, 1.807) is 5.57 Å². The van der Waals surface area contributed by atoms with Crippen LogP contribution in [0.25, 0.3) is 10.4 Å². The van der Waals surface area contributed by atoms with E-state index in [4.69, 9.17) is 14.7 Å². The second kappa shape index (κ2) is 13.2. The van der Waals surface area contributed by atoms with Gasteiger partial charge in [-0.2, -0.15) is 0 Å². The van der Waals surface area contributed by atoms with Crippen molar-refractivity contribution in [3.63, 3.8) is 0 Å². The van der Waals surface area contributed by atoms with Gasteiger partial charge in [-0.05, 0) is 113 Å². The van der Waals surface area contributed by atoms with Crippen LogP contribution in [-0.2, 0) is 9.16 Å². The first kappa shape index (κ1) is 36.0. The number of nitrogens with zero attached hydrogens (tertiary/aromatic N) is 3. The van der Waals surface area contributed by atoms with Gasteiger partial charge in [-0.25, -0.2) is 0 Å². The minimum atomic E-state index is -2.61. The number of aliphatic hydroxyl groups is 1. The van der Waals surface area contributed by atoms with Crippen molar-refractivity contribution in [2.24, 2.45) is 51.5 Å². The second-order valence-corrected chi connectivity index (χ2v) is 22.8. The lowest BCUT2D eigenvalue weighted by Gasteiger charge is -2.59. The van der Waals surface area contributed by atoms with Gasteiger partial charge < -0.3 is 14.3 Å². The summed E-state index contributed by atoms with van der Waals surface area (Å²) in [6.45, 7) is 17.1. The summed E-state index contributed by atoms with van der Waals surface area (Å²) in [5.41, 5.74) is 10.8. The third-order valence-electron chi connectivity index (χ3n) is 15.0. The molecule has 4 aliphatic carbocycles. The standard InChI is InChI=1S/C43H61N3O3Si/c1-29(28-45-46-44)20-25-43(47)30(2)39-38(48-43)27-37-35-19-18-31-26-32(21-23-41(31,6)36(35)22-24-42(37,39)7)49-50(40(3,4)5,33-14-10-8-11-15-33)34-16-12-9-13-17-34/h8-18,29-30,32,35-39,47H,19-28H2,1-7H3/t29-,30+,32+,35?,36?,37?,38+,39+,41+,42+,43?/m1/s1. The summed E-state index contributed by atoms with van der Waals surface area (Å²) < 4.78 is 14.4. The van der Waals surface area contributed by atoms with Crippen molar-refractivity contribution < 1.29 is 14.3 Å². The van der Waals surface area contributed by atoms with Crippen LogP contribution in [0.1, 0.15) is 106 Å². The molecule has 11 atom stereocenters. The summed E-state index contributed by atoms with van der Waals surface area (Å²) in [4.78, 5) is 2.92. The molecule has 50 heavy (non-hydrogen) atoms. The van der Waals surface area contributed by atoms with Gasteiger partial charge in [0.2, 0.25) is 0 Å². The van der Waals surface area contributed by atoms with Gasteiger partial charge in [-0.3, -0.25) is 0 Å². The van der Waals surface area contributed by atoms with Crippen LogP contribution < -0.4 is 10.4 Å². The minimum absolute atomic E-state index is 0.0214. The van der Waals surface area contributed by atoms with Crippen molar-refractivity contribution in [2.45, 2.75) is 129 Å². The molecule has 1 N–H and O–H groups in total.